The first-order valence-corrected chi connectivity index (χ1v) is 8.82. The zero-order valence-electron chi connectivity index (χ0n) is 12.1. The highest BCUT2D eigenvalue weighted by atomic mass is 35.5. The Hall–Kier alpha value is -1.40. The average molecular weight is 328 g/mol. The number of nitrogens with zero attached hydrogens (tertiary/aromatic N) is 2. The van der Waals surface area contributed by atoms with Crippen molar-refractivity contribution in [2.24, 2.45) is 0 Å². The minimum absolute atomic E-state index is 0.412. The number of halogens is 1. The van der Waals surface area contributed by atoms with Gasteiger partial charge in [0, 0.05) is 29.2 Å². The minimum atomic E-state index is -0.882. The second-order valence-corrected chi connectivity index (χ2v) is 6.58. The van der Waals surface area contributed by atoms with Crippen LogP contribution in [0.5, 0.6) is 0 Å². The zero-order valence-corrected chi connectivity index (χ0v) is 13.6. The quantitative estimate of drug-likeness (QED) is 0.846. The molecule has 1 N–H and O–H groups in total. The van der Waals surface area contributed by atoms with Gasteiger partial charge in [-0.25, -0.2) is 0 Å². The lowest BCUT2D eigenvalue weighted by molar-refractivity contribution is 0.377. The van der Waals surface area contributed by atoms with E-state index >= 15 is 0 Å². The fourth-order valence-corrected chi connectivity index (χ4v) is 2.72. The fourth-order valence-electron chi connectivity index (χ4n) is 1.89. The van der Waals surface area contributed by atoms with Gasteiger partial charge < -0.3 is 9.84 Å². The van der Waals surface area contributed by atoms with Crippen molar-refractivity contribution in [2.45, 2.75) is 32.1 Å². The minimum Gasteiger partial charge on any atom is -0.375 e. The molecule has 1 atom stereocenters. The third kappa shape index (κ3) is 4.82. The molecule has 0 amide bonds. The molecular weight excluding hydrogens is 310 g/mol. The van der Waals surface area contributed by atoms with E-state index in [2.05, 4.69) is 22.4 Å². The van der Waals surface area contributed by atoms with Crippen molar-refractivity contribution in [2.75, 3.05) is 11.6 Å². The van der Waals surface area contributed by atoms with Crippen LogP contribution < -0.4 is 5.32 Å². The Labute approximate surface area is 131 Å². The van der Waals surface area contributed by atoms with Gasteiger partial charge in [0.1, 0.15) is 0 Å². The lowest BCUT2D eigenvalue weighted by Crippen LogP contribution is -2.02. The van der Waals surface area contributed by atoms with Crippen LogP contribution in [0.1, 0.15) is 30.6 Å². The van der Waals surface area contributed by atoms with E-state index < -0.39 is 10.8 Å². The Morgan fingerprint density at radius 2 is 2.24 bits per heavy atom. The maximum absolute atomic E-state index is 11.3. The monoisotopic (exact) mass is 327 g/mol. The second-order valence-electron chi connectivity index (χ2n) is 4.74. The first kappa shape index (κ1) is 16.0. The van der Waals surface area contributed by atoms with Crippen LogP contribution in [0, 0.1) is 0 Å². The summed E-state index contributed by atoms with van der Waals surface area (Å²) in [5.74, 6) is 1.75. The van der Waals surface area contributed by atoms with Crippen LogP contribution in [0.3, 0.4) is 0 Å². The summed E-state index contributed by atoms with van der Waals surface area (Å²) in [5, 5.41) is 7.67. The van der Waals surface area contributed by atoms with E-state index in [0.29, 0.717) is 23.2 Å². The molecule has 0 saturated carbocycles. The Kier molecular flexibility index (Phi) is 5.76. The summed E-state index contributed by atoms with van der Waals surface area (Å²) in [4.78, 5) is 4.28. The molecule has 0 aliphatic carbocycles. The molecule has 0 aliphatic rings. The highest BCUT2D eigenvalue weighted by molar-refractivity contribution is 7.83. The molecule has 0 spiro atoms. The van der Waals surface area contributed by atoms with E-state index in [-0.39, 0.29) is 0 Å². The summed E-state index contributed by atoms with van der Waals surface area (Å²) in [6, 6.07) is 5.57. The molecular formula is C14H18ClN3O2S. The molecule has 0 aliphatic heterocycles. The van der Waals surface area contributed by atoms with Gasteiger partial charge in [-0.15, -0.1) is 0 Å². The Morgan fingerprint density at radius 1 is 1.43 bits per heavy atom. The van der Waals surface area contributed by atoms with E-state index in [9.17, 15) is 4.21 Å². The van der Waals surface area contributed by atoms with Crippen LogP contribution in [0.2, 0.25) is 5.02 Å². The molecule has 21 heavy (non-hydrogen) atoms. The van der Waals surface area contributed by atoms with E-state index in [1.54, 1.807) is 12.3 Å². The summed E-state index contributed by atoms with van der Waals surface area (Å²) in [6.07, 6.45) is 3.46. The predicted molar refractivity (Wildman–Crippen MR) is 84.8 cm³/mol. The lowest BCUT2D eigenvalue weighted by atomic mass is 10.2. The zero-order chi connectivity index (χ0) is 15.2. The Balaban J connectivity index is 2.02. The van der Waals surface area contributed by atoms with E-state index in [1.807, 2.05) is 12.1 Å². The number of aryl methyl sites for hydroxylation is 1. The van der Waals surface area contributed by atoms with Crippen LogP contribution in [0.4, 0.5) is 5.69 Å². The summed E-state index contributed by atoms with van der Waals surface area (Å²) in [6.45, 7) is 2.48. The van der Waals surface area contributed by atoms with Gasteiger partial charge in [0.05, 0.1) is 17.3 Å². The Morgan fingerprint density at radius 3 is 2.95 bits per heavy atom. The van der Waals surface area contributed by atoms with Crippen molar-refractivity contribution in [3.63, 3.8) is 0 Å². The molecule has 2 aromatic rings. The molecule has 1 heterocycles. The number of aromatic nitrogens is 2. The van der Waals surface area contributed by atoms with Crippen molar-refractivity contribution in [1.82, 2.24) is 10.1 Å². The standard InChI is InChI=1S/C14H18ClN3O2S/c1-3-4-13-17-14(20-18-13)8-16-12-7-10(9-21(2)19)5-6-11(12)15/h5-7,16H,3-4,8-9H2,1-2H3/t21-/m0/s1. The predicted octanol–water partition coefficient (Wildman–Crippen LogP) is 3.17. The fraction of sp³-hybridized carbons (Fsp3) is 0.429. The van der Waals surface area contributed by atoms with Gasteiger partial charge >= 0.3 is 0 Å². The second kappa shape index (κ2) is 7.56. The van der Waals surface area contributed by atoms with E-state index in [0.717, 1.165) is 29.9 Å². The number of rotatable bonds is 7. The highest BCUT2D eigenvalue weighted by Gasteiger charge is 2.08. The summed E-state index contributed by atoms with van der Waals surface area (Å²) in [5.41, 5.74) is 1.75. The van der Waals surface area contributed by atoms with Gasteiger partial charge in [0.2, 0.25) is 5.89 Å². The van der Waals surface area contributed by atoms with Gasteiger partial charge in [-0.05, 0) is 24.1 Å². The molecule has 114 valence electrons. The van der Waals surface area contributed by atoms with Crippen LogP contribution >= 0.6 is 11.6 Å². The highest BCUT2D eigenvalue weighted by Crippen LogP contribution is 2.24. The molecule has 7 heteroatoms. The van der Waals surface area contributed by atoms with Crippen LogP contribution in [0.15, 0.2) is 22.7 Å². The summed E-state index contributed by atoms with van der Waals surface area (Å²) >= 11 is 6.15. The van der Waals surface area contributed by atoms with Gasteiger partial charge in [0.15, 0.2) is 5.82 Å². The summed E-state index contributed by atoms with van der Waals surface area (Å²) < 4.78 is 16.4. The van der Waals surface area contributed by atoms with Crippen LogP contribution in [0.25, 0.3) is 0 Å². The van der Waals surface area contributed by atoms with Crippen molar-refractivity contribution < 1.29 is 8.73 Å². The molecule has 1 aromatic heterocycles. The normalized spacial score (nSPS) is 12.3. The average Bonchev–Trinajstić information content (AvgIpc) is 2.87. The van der Waals surface area contributed by atoms with Crippen molar-refractivity contribution in [3.05, 3.63) is 40.5 Å². The largest absolute Gasteiger partial charge is 0.375 e. The molecule has 0 saturated heterocycles. The SMILES string of the molecule is CCCc1noc(CNc2cc(C[S@](C)=O)ccc2Cl)n1. The van der Waals surface area contributed by atoms with Gasteiger partial charge in [0.25, 0.3) is 0 Å². The lowest BCUT2D eigenvalue weighted by Gasteiger charge is -2.08. The van der Waals surface area contributed by atoms with E-state index in [4.69, 9.17) is 16.1 Å². The van der Waals surface area contributed by atoms with Crippen LogP contribution in [-0.4, -0.2) is 20.6 Å². The molecule has 0 bridgehead atoms. The van der Waals surface area contributed by atoms with E-state index in [1.165, 1.54) is 0 Å². The van der Waals surface area contributed by atoms with Crippen molar-refractivity contribution >= 4 is 28.1 Å². The molecule has 0 unspecified atom stereocenters. The van der Waals surface area contributed by atoms with Crippen LogP contribution in [-0.2, 0) is 29.5 Å². The maximum atomic E-state index is 11.3. The third-order valence-electron chi connectivity index (χ3n) is 2.81. The molecule has 0 radical (unpaired) electrons. The number of anilines is 1. The molecule has 1 aromatic carbocycles. The number of hydrogen-bond donors (Lipinski definition) is 1. The number of nitrogens with one attached hydrogen (secondary N) is 1. The first-order chi connectivity index (χ1) is 10.1. The topological polar surface area (TPSA) is 68.0 Å². The van der Waals surface area contributed by atoms with Crippen molar-refractivity contribution in [1.29, 1.82) is 0 Å². The number of hydrogen-bond acceptors (Lipinski definition) is 5. The van der Waals surface area contributed by atoms with Gasteiger partial charge in [-0.2, -0.15) is 4.98 Å². The number of benzene rings is 1. The third-order valence-corrected chi connectivity index (χ3v) is 3.88. The molecule has 2 rings (SSSR count). The maximum Gasteiger partial charge on any atom is 0.245 e. The molecule has 5 nitrogen and oxygen atoms in total. The van der Waals surface area contributed by atoms with Gasteiger partial charge in [-0.1, -0.05) is 29.7 Å². The molecule has 0 fully saturated rings. The van der Waals surface area contributed by atoms with Crippen molar-refractivity contribution in [3.8, 4) is 0 Å². The summed E-state index contributed by atoms with van der Waals surface area (Å²) in [7, 11) is -0.882. The Bertz CT molecular complexity index is 630. The van der Waals surface area contributed by atoms with Gasteiger partial charge in [-0.3, -0.25) is 4.21 Å². The first-order valence-electron chi connectivity index (χ1n) is 6.72. The smallest absolute Gasteiger partial charge is 0.245 e.